The molecule has 0 aromatic carbocycles. The van der Waals surface area contributed by atoms with Gasteiger partial charge in [0, 0.05) is 0 Å². The van der Waals surface area contributed by atoms with Gasteiger partial charge in [-0.25, -0.2) is 0 Å². The summed E-state index contributed by atoms with van der Waals surface area (Å²) < 4.78 is 5.27. The highest BCUT2D eigenvalue weighted by molar-refractivity contribution is 5.73. The van der Waals surface area contributed by atoms with Crippen LogP contribution in [0, 0.1) is 23.7 Å². The predicted molar refractivity (Wildman–Crippen MR) is 72.1 cm³/mol. The molecule has 106 valence electrons. The monoisotopic (exact) mass is 256 g/mol. The standard InChI is InChI=1S/C15H28O3/c1-5-12(16)9-18-15(17)14-8-11(4)6-7-13(14)10(2)3/h10-14,16H,5-9H2,1-4H3/t11-,12?,13+,14-/m1/s1. The van der Waals surface area contributed by atoms with E-state index < -0.39 is 6.10 Å². The molecule has 1 aliphatic carbocycles. The summed E-state index contributed by atoms with van der Waals surface area (Å²) in [4.78, 5) is 12.1. The van der Waals surface area contributed by atoms with Crippen LogP contribution in [0.2, 0.25) is 0 Å². The van der Waals surface area contributed by atoms with Crippen LogP contribution >= 0.6 is 0 Å². The normalized spacial score (nSPS) is 30.2. The number of aliphatic hydroxyl groups is 1. The number of ether oxygens (including phenoxy) is 1. The van der Waals surface area contributed by atoms with Gasteiger partial charge in [0.2, 0.25) is 0 Å². The van der Waals surface area contributed by atoms with Crippen molar-refractivity contribution in [1.82, 2.24) is 0 Å². The summed E-state index contributed by atoms with van der Waals surface area (Å²) in [5.74, 6) is 1.48. The Bertz CT molecular complexity index is 262. The molecule has 1 fully saturated rings. The second-order valence-corrected chi connectivity index (χ2v) is 6.12. The highest BCUT2D eigenvalue weighted by Crippen LogP contribution is 2.38. The molecule has 4 atom stereocenters. The van der Waals surface area contributed by atoms with Crippen molar-refractivity contribution in [2.24, 2.45) is 23.7 Å². The van der Waals surface area contributed by atoms with Crippen molar-refractivity contribution in [2.75, 3.05) is 6.61 Å². The Morgan fingerprint density at radius 3 is 2.61 bits per heavy atom. The van der Waals surface area contributed by atoms with Crippen molar-refractivity contribution in [3.8, 4) is 0 Å². The summed E-state index contributed by atoms with van der Waals surface area (Å²) in [6, 6.07) is 0. The highest BCUT2D eigenvalue weighted by atomic mass is 16.5. The zero-order chi connectivity index (χ0) is 13.7. The molecule has 1 rings (SSSR count). The van der Waals surface area contributed by atoms with Gasteiger partial charge < -0.3 is 9.84 Å². The highest BCUT2D eigenvalue weighted by Gasteiger charge is 2.36. The van der Waals surface area contributed by atoms with E-state index >= 15 is 0 Å². The van der Waals surface area contributed by atoms with E-state index in [1.54, 1.807) is 0 Å². The van der Waals surface area contributed by atoms with Crippen molar-refractivity contribution in [3.05, 3.63) is 0 Å². The Morgan fingerprint density at radius 2 is 2.06 bits per heavy atom. The molecule has 3 heteroatoms. The SMILES string of the molecule is CCC(O)COC(=O)[C@@H]1C[C@H](C)CC[C@H]1C(C)C. The smallest absolute Gasteiger partial charge is 0.309 e. The van der Waals surface area contributed by atoms with Crippen LogP contribution in [0.1, 0.15) is 53.4 Å². The topological polar surface area (TPSA) is 46.5 Å². The molecular weight excluding hydrogens is 228 g/mol. The Morgan fingerprint density at radius 1 is 1.39 bits per heavy atom. The molecule has 1 unspecified atom stereocenters. The van der Waals surface area contributed by atoms with Crippen molar-refractivity contribution in [2.45, 2.75) is 59.5 Å². The van der Waals surface area contributed by atoms with Gasteiger partial charge in [0.25, 0.3) is 0 Å². The van der Waals surface area contributed by atoms with Crippen LogP contribution in [0.4, 0.5) is 0 Å². The van der Waals surface area contributed by atoms with E-state index in [4.69, 9.17) is 4.74 Å². The first-order chi connectivity index (χ1) is 8.45. The molecule has 0 radical (unpaired) electrons. The first-order valence-corrected chi connectivity index (χ1v) is 7.30. The maximum absolute atomic E-state index is 12.1. The Hall–Kier alpha value is -0.570. The van der Waals surface area contributed by atoms with Crippen molar-refractivity contribution in [3.63, 3.8) is 0 Å². The zero-order valence-corrected chi connectivity index (χ0v) is 12.2. The van der Waals surface area contributed by atoms with Crippen LogP contribution in [0.15, 0.2) is 0 Å². The Balaban J connectivity index is 2.55. The summed E-state index contributed by atoms with van der Waals surface area (Å²) in [7, 11) is 0. The van der Waals surface area contributed by atoms with Gasteiger partial charge in [0.05, 0.1) is 12.0 Å². The fourth-order valence-electron chi connectivity index (χ4n) is 2.88. The van der Waals surface area contributed by atoms with Gasteiger partial charge in [0.1, 0.15) is 6.61 Å². The van der Waals surface area contributed by atoms with Gasteiger partial charge in [-0.1, -0.05) is 34.1 Å². The van der Waals surface area contributed by atoms with Crippen LogP contribution in [-0.4, -0.2) is 23.8 Å². The second kappa shape index (κ2) is 7.13. The van der Waals surface area contributed by atoms with E-state index in [-0.39, 0.29) is 18.5 Å². The van der Waals surface area contributed by atoms with Crippen LogP contribution in [0.5, 0.6) is 0 Å². The second-order valence-electron chi connectivity index (χ2n) is 6.12. The molecule has 1 aliphatic rings. The number of hydrogen-bond acceptors (Lipinski definition) is 3. The molecule has 3 nitrogen and oxygen atoms in total. The number of rotatable bonds is 5. The maximum Gasteiger partial charge on any atom is 0.309 e. The third-order valence-corrected chi connectivity index (χ3v) is 4.21. The fourth-order valence-corrected chi connectivity index (χ4v) is 2.88. The third-order valence-electron chi connectivity index (χ3n) is 4.21. The van der Waals surface area contributed by atoms with Gasteiger partial charge in [-0.3, -0.25) is 4.79 Å². The average molecular weight is 256 g/mol. The Kier molecular flexibility index (Phi) is 6.13. The molecule has 0 bridgehead atoms. The lowest BCUT2D eigenvalue weighted by atomic mass is 9.70. The van der Waals surface area contributed by atoms with Crippen LogP contribution < -0.4 is 0 Å². The van der Waals surface area contributed by atoms with Crippen LogP contribution in [0.3, 0.4) is 0 Å². The molecule has 0 aromatic rings. The zero-order valence-electron chi connectivity index (χ0n) is 12.2. The predicted octanol–water partition coefficient (Wildman–Crippen LogP) is 3.01. The minimum absolute atomic E-state index is 0.0257. The summed E-state index contributed by atoms with van der Waals surface area (Å²) in [5.41, 5.74) is 0. The van der Waals surface area contributed by atoms with Gasteiger partial charge in [-0.15, -0.1) is 0 Å². The van der Waals surface area contributed by atoms with Crippen molar-refractivity contribution in [1.29, 1.82) is 0 Å². The summed E-state index contributed by atoms with van der Waals surface area (Å²) in [6.07, 6.45) is 3.37. The van der Waals surface area contributed by atoms with Crippen molar-refractivity contribution < 1.29 is 14.6 Å². The first-order valence-electron chi connectivity index (χ1n) is 7.30. The first kappa shape index (κ1) is 15.5. The number of carbonyl (C=O) groups excluding carboxylic acids is 1. The van der Waals surface area contributed by atoms with Gasteiger partial charge in [-0.2, -0.15) is 0 Å². The van der Waals surface area contributed by atoms with Gasteiger partial charge in [0.15, 0.2) is 0 Å². The Labute approximate surface area is 111 Å². The molecule has 1 N–H and O–H groups in total. The summed E-state index contributed by atoms with van der Waals surface area (Å²) in [5, 5.41) is 9.46. The largest absolute Gasteiger partial charge is 0.463 e. The lowest BCUT2D eigenvalue weighted by Crippen LogP contribution is -2.35. The van der Waals surface area contributed by atoms with E-state index in [2.05, 4.69) is 20.8 Å². The fraction of sp³-hybridized carbons (Fsp3) is 0.933. The number of aliphatic hydroxyl groups excluding tert-OH is 1. The maximum atomic E-state index is 12.1. The molecule has 18 heavy (non-hydrogen) atoms. The van der Waals surface area contributed by atoms with Gasteiger partial charge >= 0.3 is 5.97 Å². The molecule has 0 spiro atoms. The van der Waals surface area contributed by atoms with E-state index in [0.717, 1.165) is 12.8 Å². The molecule has 0 amide bonds. The lowest BCUT2D eigenvalue weighted by Gasteiger charge is -2.35. The van der Waals surface area contributed by atoms with Crippen molar-refractivity contribution >= 4 is 5.97 Å². The van der Waals surface area contributed by atoms with E-state index in [1.165, 1.54) is 6.42 Å². The average Bonchev–Trinajstić information content (AvgIpc) is 2.34. The van der Waals surface area contributed by atoms with Crippen LogP contribution in [0.25, 0.3) is 0 Å². The number of esters is 1. The number of hydrogen-bond donors (Lipinski definition) is 1. The lowest BCUT2D eigenvalue weighted by molar-refractivity contribution is -0.156. The van der Waals surface area contributed by atoms with Gasteiger partial charge in [-0.05, 0) is 37.0 Å². The van der Waals surface area contributed by atoms with Crippen LogP contribution in [-0.2, 0) is 9.53 Å². The van der Waals surface area contributed by atoms with E-state index in [9.17, 15) is 9.90 Å². The number of carbonyl (C=O) groups is 1. The molecule has 0 heterocycles. The molecule has 0 saturated heterocycles. The molecule has 0 aliphatic heterocycles. The summed E-state index contributed by atoms with van der Waals surface area (Å²) >= 11 is 0. The minimum Gasteiger partial charge on any atom is -0.463 e. The van der Waals surface area contributed by atoms with E-state index in [0.29, 0.717) is 24.2 Å². The minimum atomic E-state index is -0.521. The molecular formula is C15H28O3. The van der Waals surface area contributed by atoms with E-state index in [1.807, 2.05) is 6.92 Å². The molecule has 1 saturated carbocycles. The third kappa shape index (κ3) is 4.27. The quantitative estimate of drug-likeness (QED) is 0.769. The summed E-state index contributed by atoms with van der Waals surface area (Å²) in [6.45, 7) is 8.60. The molecule has 0 aromatic heterocycles.